The van der Waals surface area contributed by atoms with E-state index in [-0.39, 0.29) is 6.04 Å². The van der Waals surface area contributed by atoms with Crippen LogP contribution in [0.5, 0.6) is 0 Å². The van der Waals surface area contributed by atoms with Gasteiger partial charge in [0.2, 0.25) is 0 Å². The van der Waals surface area contributed by atoms with Crippen molar-refractivity contribution < 1.29 is 9.90 Å². The van der Waals surface area contributed by atoms with Gasteiger partial charge in [-0.2, -0.15) is 0 Å². The van der Waals surface area contributed by atoms with E-state index in [4.69, 9.17) is 0 Å². The maximum Gasteiger partial charge on any atom is 0.320 e. The molecule has 1 aliphatic heterocycles. The zero-order valence-electron chi connectivity index (χ0n) is 9.06. The van der Waals surface area contributed by atoms with Crippen molar-refractivity contribution in [2.45, 2.75) is 50.6 Å². The van der Waals surface area contributed by atoms with Gasteiger partial charge in [-0.15, -0.1) is 0 Å². The number of piperidine rings is 1. The van der Waals surface area contributed by atoms with Crippen molar-refractivity contribution in [2.75, 3.05) is 6.54 Å². The average molecular weight is 209 g/mol. The number of hydrogen-bond acceptors (Lipinski definition) is 2. The number of aliphatic carboxylic acids is 1. The molecule has 0 amide bonds. The van der Waals surface area contributed by atoms with Crippen molar-refractivity contribution in [2.24, 2.45) is 0 Å². The molecule has 1 heterocycles. The Balaban J connectivity index is 2.06. The lowest BCUT2D eigenvalue weighted by atomic mass is 9.95. The number of carboxylic acids is 1. The Morgan fingerprint density at radius 1 is 1.27 bits per heavy atom. The van der Waals surface area contributed by atoms with Crippen LogP contribution < -0.4 is 0 Å². The van der Waals surface area contributed by atoms with Crippen LogP contribution in [0.25, 0.3) is 0 Å². The van der Waals surface area contributed by atoms with Crippen LogP contribution in [0.15, 0.2) is 12.2 Å². The topological polar surface area (TPSA) is 40.5 Å². The molecular formula is C12H19NO2. The van der Waals surface area contributed by atoms with Crippen molar-refractivity contribution in [1.29, 1.82) is 0 Å². The van der Waals surface area contributed by atoms with E-state index in [0.29, 0.717) is 6.04 Å². The van der Waals surface area contributed by atoms with Crippen molar-refractivity contribution >= 4 is 5.97 Å². The number of rotatable bonds is 2. The van der Waals surface area contributed by atoms with Gasteiger partial charge in [0, 0.05) is 6.04 Å². The highest BCUT2D eigenvalue weighted by atomic mass is 16.4. The Hall–Kier alpha value is -0.830. The summed E-state index contributed by atoms with van der Waals surface area (Å²) in [5.41, 5.74) is 0. The standard InChI is InChI=1S/C12H19NO2/c14-12(15)11-8-4-5-9-13(11)10-6-2-1-3-7-10/h2,6,10-11H,1,3-5,7-9H2,(H,14,15). The highest BCUT2D eigenvalue weighted by molar-refractivity contribution is 5.73. The Morgan fingerprint density at radius 2 is 2.13 bits per heavy atom. The van der Waals surface area contributed by atoms with Crippen molar-refractivity contribution in [3.05, 3.63) is 12.2 Å². The van der Waals surface area contributed by atoms with Gasteiger partial charge in [-0.1, -0.05) is 18.6 Å². The molecule has 0 spiro atoms. The molecule has 1 saturated heterocycles. The summed E-state index contributed by atoms with van der Waals surface area (Å²) >= 11 is 0. The predicted octanol–water partition coefficient (Wildman–Crippen LogP) is 2.03. The summed E-state index contributed by atoms with van der Waals surface area (Å²) in [5.74, 6) is -0.645. The van der Waals surface area contributed by atoms with Gasteiger partial charge < -0.3 is 5.11 Å². The molecule has 0 bridgehead atoms. The number of carbonyl (C=O) groups is 1. The first-order valence-corrected chi connectivity index (χ1v) is 5.94. The number of likely N-dealkylation sites (tertiary alicyclic amines) is 1. The van der Waals surface area contributed by atoms with Gasteiger partial charge in [0.15, 0.2) is 0 Å². The second-order valence-electron chi connectivity index (χ2n) is 4.51. The fourth-order valence-corrected chi connectivity index (χ4v) is 2.69. The molecule has 1 N–H and O–H groups in total. The van der Waals surface area contributed by atoms with Gasteiger partial charge in [-0.05, 0) is 38.6 Å². The van der Waals surface area contributed by atoms with Gasteiger partial charge in [-0.3, -0.25) is 9.69 Å². The zero-order chi connectivity index (χ0) is 10.7. The second-order valence-corrected chi connectivity index (χ2v) is 4.51. The molecule has 1 fully saturated rings. The van der Waals surface area contributed by atoms with E-state index in [1.54, 1.807) is 0 Å². The van der Waals surface area contributed by atoms with Gasteiger partial charge in [0.25, 0.3) is 0 Å². The predicted molar refractivity (Wildman–Crippen MR) is 58.8 cm³/mol. The molecule has 0 radical (unpaired) electrons. The summed E-state index contributed by atoms with van der Waals surface area (Å²) in [7, 11) is 0. The van der Waals surface area contributed by atoms with Gasteiger partial charge >= 0.3 is 5.97 Å². The fourth-order valence-electron chi connectivity index (χ4n) is 2.69. The van der Waals surface area contributed by atoms with Crippen LogP contribution in [0.3, 0.4) is 0 Å². The second kappa shape index (κ2) is 4.79. The van der Waals surface area contributed by atoms with Crippen molar-refractivity contribution in [3.8, 4) is 0 Å². The monoisotopic (exact) mass is 209 g/mol. The molecule has 0 aromatic carbocycles. The zero-order valence-corrected chi connectivity index (χ0v) is 9.06. The molecule has 0 aromatic rings. The first kappa shape index (κ1) is 10.7. The van der Waals surface area contributed by atoms with E-state index in [0.717, 1.165) is 38.6 Å². The summed E-state index contributed by atoms with van der Waals surface area (Å²) in [5, 5.41) is 9.17. The Bertz CT molecular complexity index is 262. The van der Waals surface area contributed by atoms with Crippen LogP contribution in [0, 0.1) is 0 Å². The lowest BCUT2D eigenvalue weighted by Crippen LogP contribution is -2.49. The maximum absolute atomic E-state index is 11.1. The number of hydrogen-bond donors (Lipinski definition) is 1. The molecule has 84 valence electrons. The van der Waals surface area contributed by atoms with Crippen molar-refractivity contribution in [1.82, 2.24) is 4.90 Å². The van der Waals surface area contributed by atoms with Gasteiger partial charge in [-0.25, -0.2) is 0 Å². The molecule has 15 heavy (non-hydrogen) atoms. The number of nitrogens with zero attached hydrogens (tertiary/aromatic N) is 1. The van der Waals surface area contributed by atoms with E-state index in [2.05, 4.69) is 17.1 Å². The highest BCUT2D eigenvalue weighted by Gasteiger charge is 2.32. The van der Waals surface area contributed by atoms with E-state index in [1.165, 1.54) is 6.42 Å². The summed E-state index contributed by atoms with van der Waals surface area (Å²) in [4.78, 5) is 13.3. The first-order chi connectivity index (χ1) is 7.29. The minimum Gasteiger partial charge on any atom is -0.480 e. The van der Waals surface area contributed by atoms with Crippen LogP contribution in [-0.2, 0) is 4.79 Å². The van der Waals surface area contributed by atoms with Crippen LogP contribution in [0.2, 0.25) is 0 Å². The molecule has 2 rings (SSSR count). The number of allylic oxidation sites excluding steroid dienone is 1. The molecule has 2 atom stereocenters. The Labute approximate surface area is 90.8 Å². The molecule has 0 aromatic heterocycles. The smallest absolute Gasteiger partial charge is 0.320 e. The third kappa shape index (κ3) is 2.40. The Kier molecular flexibility index (Phi) is 3.41. The highest BCUT2D eigenvalue weighted by Crippen LogP contribution is 2.25. The lowest BCUT2D eigenvalue weighted by molar-refractivity contribution is -0.145. The van der Waals surface area contributed by atoms with E-state index in [1.807, 2.05) is 0 Å². The van der Waals surface area contributed by atoms with E-state index < -0.39 is 5.97 Å². The largest absolute Gasteiger partial charge is 0.480 e. The molecule has 1 aliphatic carbocycles. The van der Waals surface area contributed by atoms with Gasteiger partial charge in [0.1, 0.15) is 6.04 Å². The minimum atomic E-state index is -0.645. The molecule has 0 saturated carbocycles. The molecular weight excluding hydrogens is 190 g/mol. The van der Waals surface area contributed by atoms with Crippen LogP contribution in [0.1, 0.15) is 38.5 Å². The fraction of sp³-hybridized carbons (Fsp3) is 0.750. The molecule has 3 heteroatoms. The molecule has 3 nitrogen and oxygen atoms in total. The third-order valence-electron chi connectivity index (χ3n) is 3.48. The average Bonchev–Trinajstić information content (AvgIpc) is 2.30. The van der Waals surface area contributed by atoms with Crippen LogP contribution in [0.4, 0.5) is 0 Å². The lowest BCUT2D eigenvalue weighted by Gasteiger charge is -2.38. The minimum absolute atomic E-state index is 0.244. The summed E-state index contributed by atoms with van der Waals surface area (Å²) in [6.45, 7) is 0.950. The number of carboxylic acid groups (broad SMARTS) is 1. The quantitative estimate of drug-likeness (QED) is 0.707. The normalized spacial score (nSPS) is 32.8. The van der Waals surface area contributed by atoms with E-state index in [9.17, 15) is 9.90 Å². The molecule has 2 aliphatic rings. The summed E-state index contributed by atoms with van der Waals surface area (Å²) in [6.07, 6.45) is 10.9. The van der Waals surface area contributed by atoms with Crippen LogP contribution in [-0.4, -0.2) is 34.6 Å². The van der Waals surface area contributed by atoms with Gasteiger partial charge in [0.05, 0.1) is 0 Å². The first-order valence-electron chi connectivity index (χ1n) is 5.94. The maximum atomic E-state index is 11.1. The van der Waals surface area contributed by atoms with E-state index >= 15 is 0 Å². The molecule has 2 unspecified atom stereocenters. The SMILES string of the molecule is O=C(O)C1CCCCN1C1C=CCCC1. The van der Waals surface area contributed by atoms with Crippen molar-refractivity contribution in [3.63, 3.8) is 0 Å². The van der Waals surface area contributed by atoms with Crippen LogP contribution >= 0.6 is 0 Å². The Morgan fingerprint density at radius 3 is 2.80 bits per heavy atom. The third-order valence-corrected chi connectivity index (χ3v) is 3.48. The summed E-state index contributed by atoms with van der Waals surface area (Å²) < 4.78 is 0. The summed E-state index contributed by atoms with van der Waals surface area (Å²) in [6, 6.07) is 0.131.